The monoisotopic (exact) mass is 366 g/mol. The maximum Gasteiger partial charge on any atom is 0.234 e. The van der Waals surface area contributed by atoms with Crippen molar-refractivity contribution in [1.82, 2.24) is 15.1 Å². The molecule has 1 aliphatic rings. The molecular weight excluding hydrogens is 344 g/mol. The molecule has 0 radical (unpaired) electrons. The van der Waals surface area contributed by atoms with E-state index in [9.17, 15) is 0 Å². The van der Waals surface area contributed by atoms with Crippen LogP contribution in [0.15, 0.2) is 53.3 Å². The molecule has 140 valence electrons. The Morgan fingerprint density at radius 3 is 2.63 bits per heavy atom. The average molecular weight is 366 g/mol. The summed E-state index contributed by atoms with van der Waals surface area (Å²) in [6.07, 6.45) is 5.13. The van der Waals surface area contributed by atoms with Crippen LogP contribution in [0.5, 0.6) is 5.75 Å². The number of nitrogens with two attached hydrogens (primary N) is 1. The topological polar surface area (TPSA) is 96.3 Å². The summed E-state index contributed by atoms with van der Waals surface area (Å²) in [5.74, 6) is 1.93. The summed E-state index contributed by atoms with van der Waals surface area (Å²) >= 11 is 0. The summed E-state index contributed by atoms with van der Waals surface area (Å²) in [5, 5.41) is 4.15. The summed E-state index contributed by atoms with van der Waals surface area (Å²) in [6.45, 7) is 2.27. The molecule has 2 N–H and O–H groups in total. The van der Waals surface area contributed by atoms with E-state index in [0.29, 0.717) is 38.1 Å². The smallest absolute Gasteiger partial charge is 0.234 e. The summed E-state index contributed by atoms with van der Waals surface area (Å²) < 4.78 is 16.8. The van der Waals surface area contributed by atoms with E-state index in [2.05, 4.69) is 15.1 Å². The molecule has 1 aliphatic heterocycles. The van der Waals surface area contributed by atoms with Crippen LogP contribution in [0.4, 0.5) is 0 Å². The molecule has 0 amide bonds. The molecule has 0 bridgehead atoms. The number of benzene rings is 1. The maximum absolute atomic E-state index is 6.02. The van der Waals surface area contributed by atoms with Gasteiger partial charge in [-0.05, 0) is 43.2 Å². The first-order valence-electron chi connectivity index (χ1n) is 9.03. The second-order valence-electron chi connectivity index (χ2n) is 6.69. The fraction of sp³-hybridized carbons (Fsp3) is 0.350. The number of hydrogen-bond acceptors (Lipinski definition) is 7. The van der Waals surface area contributed by atoms with E-state index in [-0.39, 0.29) is 5.41 Å². The number of aromatic nitrogens is 3. The Morgan fingerprint density at radius 1 is 1.11 bits per heavy atom. The van der Waals surface area contributed by atoms with Crippen LogP contribution in [0.3, 0.4) is 0 Å². The van der Waals surface area contributed by atoms with E-state index in [0.717, 1.165) is 29.7 Å². The van der Waals surface area contributed by atoms with E-state index in [1.54, 1.807) is 12.4 Å². The van der Waals surface area contributed by atoms with Gasteiger partial charge in [0, 0.05) is 43.3 Å². The fourth-order valence-electron chi connectivity index (χ4n) is 3.17. The van der Waals surface area contributed by atoms with E-state index < -0.39 is 0 Å². The van der Waals surface area contributed by atoms with Crippen LogP contribution in [0.2, 0.25) is 0 Å². The Hall–Kier alpha value is -2.77. The van der Waals surface area contributed by atoms with Crippen molar-refractivity contribution < 1.29 is 14.0 Å². The van der Waals surface area contributed by atoms with Crippen molar-refractivity contribution in [2.75, 3.05) is 19.8 Å². The number of hydrogen-bond donors (Lipinski definition) is 1. The summed E-state index contributed by atoms with van der Waals surface area (Å²) in [5.41, 5.74) is 7.63. The molecular formula is C20H22N4O3. The zero-order valence-corrected chi connectivity index (χ0v) is 15.0. The molecule has 0 saturated carbocycles. The molecule has 3 heterocycles. The largest absolute Gasteiger partial charge is 0.489 e. The number of ether oxygens (including phenoxy) is 2. The lowest BCUT2D eigenvalue weighted by Gasteiger charge is -2.32. The van der Waals surface area contributed by atoms with Gasteiger partial charge in [-0.3, -0.25) is 4.98 Å². The minimum atomic E-state index is -0.281. The molecule has 1 aromatic carbocycles. The third-order valence-electron chi connectivity index (χ3n) is 4.96. The van der Waals surface area contributed by atoms with Crippen molar-refractivity contribution in [3.8, 4) is 17.1 Å². The highest BCUT2D eigenvalue weighted by molar-refractivity contribution is 5.55. The van der Waals surface area contributed by atoms with Crippen LogP contribution >= 0.6 is 0 Å². The van der Waals surface area contributed by atoms with Crippen LogP contribution in [-0.4, -0.2) is 34.9 Å². The summed E-state index contributed by atoms with van der Waals surface area (Å²) in [4.78, 5) is 8.69. The lowest BCUT2D eigenvalue weighted by Crippen LogP contribution is -2.40. The second kappa shape index (κ2) is 7.85. The van der Waals surface area contributed by atoms with Crippen LogP contribution in [-0.2, 0) is 16.8 Å². The number of pyridine rings is 1. The van der Waals surface area contributed by atoms with Gasteiger partial charge >= 0.3 is 0 Å². The van der Waals surface area contributed by atoms with Gasteiger partial charge in [-0.2, -0.15) is 4.98 Å². The predicted octanol–water partition coefficient (Wildman–Crippen LogP) is 2.72. The molecule has 1 saturated heterocycles. The van der Waals surface area contributed by atoms with Gasteiger partial charge in [-0.1, -0.05) is 11.2 Å². The van der Waals surface area contributed by atoms with Crippen LogP contribution in [0, 0.1) is 0 Å². The van der Waals surface area contributed by atoms with Crippen molar-refractivity contribution in [2.24, 2.45) is 5.73 Å². The molecule has 3 aromatic rings. The first-order chi connectivity index (χ1) is 13.3. The molecule has 0 aliphatic carbocycles. The summed E-state index contributed by atoms with van der Waals surface area (Å²) in [7, 11) is 0. The van der Waals surface area contributed by atoms with Gasteiger partial charge in [0.15, 0.2) is 0 Å². The van der Waals surface area contributed by atoms with E-state index in [1.807, 2.05) is 36.4 Å². The SMILES string of the molecule is NCC1(c2nc(-c3ccc(OCc4cccnc4)cc3)no2)CCOCC1. The third kappa shape index (κ3) is 3.84. The molecule has 0 unspecified atom stereocenters. The number of nitrogens with zero attached hydrogens (tertiary/aromatic N) is 3. The molecule has 4 rings (SSSR count). The molecule has 0 spiro atoms. The van der Waals surface area contributed by atoms with Crippen molar-refractivity contribution in [3.63, 3.8) is 0 Å². The fourth-order valence-corrected chi connectivity index (χ4v) is 3.17. The molecule has 1 fully saturated rings. The minimum absolute atomic E-state index is 0.281. The first-order valence-corrected chi connectivity index (χ1v) is 9.03. The van der Waals surface area contributed by atoms with Gasteiger partial charge in [0.05, 0.1) is 5.41 Å². The average Bonchev–Trinajstić information content (AvgIpc) is 3.25. The Balaban J connectivity index is 1.45. The Kier molecular flexibility index (Phi) is 5.13. The third-order valence-corrected chi connectivity index (χ3v) is 4.96. The van der Waals surface area contributed by atoms with E-state index >= 15 is 0 Å². The lowest BCUT2D eigenvalue weighted by atomic mass is 9.80. The van der Waals surface area contributed by atoms with Crippen LogP contribution in [0.25, 0.3) is 11.4 Å². The maximum atomic E-state index is 6.02. The lowest BCUT2D eigenvalue weighted by molar-refractivity contribution is 0.0409. The summed E-state index contributed by atoms with van der Waals surface area (Å²) in [6, 6.07) is 11.5. The van der Waals surface area contributed by atoms with Crippen LogP contribution in [0.1, 0.15) is 24.3 Å². The number of rotatable bonds is 6. The predicted molar refractivity (Wildman–Crippen MR) is 99.1 cm³/mol. The zero-order chi connectivity index (χ0) is 18.5. The molecule has 0 atom stereocenters. The van der Waals surface area contributed by atoms with Crippen molar-refractivity contribution in [2.45, 2.75) is 24.9 Å². The molecule has 27 heavy (non-hydrogen) atoms. The Morgan fingerprint density at radius 2 is 1.93 bits per heavy atom. The highest BCUT2D eigenvalue weighted by Crippen LogP contribution is 2.34. The van der Waals surface area contributed by atoms with E-state index in [4.69, 9.17) is 19.7 Å². The standard InChI is InChI=1S/C20H22N4O3/c21-14-20(7-10-25-11-8-20)19-23-18(24-27-19)16-3-5-17(6-4-16)26-13-15-2-1-9-22-12-15/h1-6,9,12H,7-8,10-11,13-14,21H2. The molecule has 7 nitrogen and oxygen atoms in total. The van der Waals surface area contributed by atoms with Crippen LogP contribution < -0.4 is 10.5 Å². The highest BCUT2D eigenvalue weighted by Gasteiger charge is 2.38. The molecule has 7 heteroatoms. The van der Waals surface area contributed by atoms with Crippen molar-refractivity contribution in [1.29, 1.82) is 0 Å². The quantitative estimate of drug-likeness (QED) is 0.716. The molecule has 2 aromatic heterocycles. The Labute approximate surface area is 157 Å². The van der Waals surface area contributed by atoms with Gasteiger partial charge < -0.3 is 19.7 Å². The Bertz CT molecular complexity index is 858. The van der Waals surface area contributed by atoms with Gasteiger partial charge in [0.2, 0.25) is 11.7 Å². The van der Waals surface area contributed by atoms with Crippen molar-refractivity contribution >= 4 is 0 Å². The minimum Gasteiger partial charge on any atom is -0.489 e. The van der Waals surface area contributed by atoms with E-state index in [1.165, 1.54) is 0 Å². The normalized spacial score (nSPS) is 16.2. The van der Waals surface area contributed by atoms with Gasteiger partial charge in [0.1, 0.15) is 12.4 Å². The van der Waals surface area contributed by atoms with Gasteiger partial charge in [-0.15, -0.1) is 0 Å². The first kappa shape index (κ1) is 17.6. The van der Waals surface area contributed by atoms with Crippen molar-refractivity contribution in [3.05, 3.63) is 60.2 Å². The zero-order valence-electron chi connectivity index (χ0n) is 15.0. The highest BCUT2D eigenvalue weighted by atomic mass is 16.5. The van der Waals surface area contributed by atoms with Gasteiger partial charge in [-0.25, -0.2) is 0 Å². The van der Waals surface area contributed by atoms with Gasteiger partial charge in [0.25, 0.3) is 0 Å². The second-order valence-corrected chi connectivity index (χ2v) is 6.69.